The van der Waals surface area contributed by atoms with Gasteiger partial charge in [0.05, 0.1) is 12.7 Å². The maximum absolute atomic E-state index is 10.1. The van der Waals surface area contributed by atoms with Gasteiger partial charge in [-0.1, -0.05) is 6.07 Å². The highest BCUT2D eigenvalue weighted by Crippen LogP contribution is 2.33. The molecule has 0 spiro atoms. The first-order chi connectivity index (χ1) is 9.40. The van der Waals surface area contributed by atoms with E-state index in [1.54, 1.807) is 21.0 Å². The summed E-state index contributed by atoms with van der Waals surface area (Å²) in [5, 5.41) is 10.1. The van der Waals surface area contributed by atoms with E-state index in [9.17, 15) is 5.11 Å². The van der Waals surface area contributed by atoms with Crippen LogP contribution < -0.4 is 9.47 Å². The number of hydrogen-bond donors (Lipinski definition) is 1. The maximum Gasteiger partial charge on any atom is 0.161 e. The molecule has 1 fully saturated rings. The molecule has 0 unspecified atom stereocenters. The second-order valence-corrected chi connectivity index (χ2v) is 6.05. The SMILES string of the molecule is COc1ccc(C(C)(C)O)cc1OC1CCN(C)CC1. The highest BCUT2D eigenvalue weighted by atomic mass is 16.5. The molecule has 4 heteroatoms. The maximum atomic E-state index is 10.1. The van der Waals surface area contributed by atoms with Crippen molar-refractivity contribution >= 4 is 0 Å². The lowest BCUT2D eigenvalue weighted by Crippen LogP contribution is -2.35. The lowest BCUT2D eigenvalue weighted by atomic mass is 9.98. The van der Waals surface area contributed by atoms with E-state index in [4.69, 9.17) is 9.47 Å². The molecule has 1 aromatic carbocycles. The minimum atomic E-state index is -0.878. The Balaban J connectivity index is 2.16. The van der Waals surface area contributed by atoms with Crippen LogP contribution in [0.15, 0.2) is 18.2 Å². The van der Waals surface area contributed by atoms with E-state index in [0.29, 0.717) is 0 Å². The average Bonchev–Trinajstić information content (AvgIpc) is 2.40. The van der Waals surface area contributed by atoms with E-state index < -0.39 is 5.60 Å². The molecule has 0 saturated carbocycles. The molecule has 0 atom stereocenters. The van der Waals surface area contributed by atoms with E-state index in [2.05, 4.69) is 11.9 Å². The molecular formula is C16H25NO3. The summed E-state index contributed by atoms with van der Waals surface area (Å²) in [6.07, 6.45) is 2.26. The lowest BCUT2D eigenvalue weighted by molar-refractivity contribution is 0.0768. The van der Waals surface area contributed by atoms with Crippen LogP contribution in [0.4, 0.5) is 0 Å². The molecule has 0 bridgehead atoms. The van der Waals surface area contributed by atoms with Crippen molar-refractivity contribution in [2.24, 2.45) is 0 Å². The third-order valence-corrected chi connectivity index (χ3v) is 3.83. The average molecular weight is 279 g/mol. The normalized spacial score (nSPS) is 18.1. The lowest BCUT2D eigenvalue weighted by Gasteiger charge is -2.30. The van der Waals surface area contributed by atoms with Gasteiger partial charge in [-0.3, -0.25) is 0 Å². The van der Waals surface area contributed by atoms with Gasteiger partial charge in [-0.05, 0) is 51.4 Å². The fourth-order valence-corrected chi connectivity index (χ4v) is 2.43. The molecule has 0 aliphatic carbocycles. The fourth-order valence-electron chi connectivity index (χ4n) is 2.43. The molecule has 0 amide bonds. The van der Waals surface area contributed by atoms with Crippen molar-refractivity contribution in [3.8, 4) is 11.5 Å². The number of benzene rings is 1. The number of ether oxygens (including phenoxy) is 2. The summed E-state index contributed by atoms with van der Waals surface area (Å²) in [5.74, 6) is 1.44. The van der Waals surface area contributed by atoms with E-state index in [0.717, 1.165) is 43.0 Å². The Morgan fingerprint density at radius 2 is 1.85 bits per heavy atom. The number of methoxy groups -OCH3 is 1. The Hall–Kier alpha value is -1.26. The van der Waals surface area contributed by atoms with Crippen LogP contribution in [0, 0.1) is 0 Å². The highest BCUT2D eigenvalue weighted by Gasteiger charge is 2.22. The first-order valence-corrected chi connectivity index (χ1v) is 7.16. The van der Waals surface area contributed by atoms with Gasteiger partial charge in [-0.2, -0.15) is 0 Å². The predicted octanol–water partition coefficient (Wildman–Crippen LogP) is 2.40. The van der Waals surface area contributed by atoms with Crippen LogP contribution in [-0.4, -0.2) is 43.4 Å². The second kappa shape index (κ2) is 6.02. The van der Waals surface area contributed by atoms with E-state index in [1.807, 2.05) is 18.2 Å². The van der Waals surface area contributed by atoms with Crippen molar-refractivity contribution in [3.63, 3.8) is 0 Å². The van der Waals surface area contributed by atoms with Gasteiger partial charge in [0.15, 0.2) is 11.5 Å². The molecule has 0 aromatic heterocycles. The zero-order valence-corrected chi connectivity index (χ0v) is 12.8. The van der Waals surface area contributed by atoms with Crippen LogP contribution in [0.2, 0.25) is 0 Å². The van der Waals surface area contributed by atoms with Gasteiger partial charge in [-0.15, -0.1) is 0 Å². The van der Waals surface area contributed by atoms with Crippen molar-refractivity contribution in [1.29, 1.82) is 0 Å². The Morgan fingerprint density at radius 1 is 1.20 bits per heavy atom. The van der Waals surface area contributed by atoms with Crippen LogP contribution in [-0.2, 0) is 5.60 Å². The zero-order chi connectivity index (χ0) is 14.8. The van der Waals surface area contributed by atoms with Gasteiger partial charge in [-0.25, -0.2) is 0 Å². The molecule has 4 nitrogen and oxygen atoms in total. The number of aliphatic hydroxyl groups is 1. The predicted molar refractivity (Wildman–Crippen MR) is 79.4 cm³/mol. The topological polar surface area (TPSA) is 41.9 Å². The molecule has 1 aliphatic rings. The van der Waals surface area contributed by atoms with Gasteiger partial charge >= 0.3 is 0 Å². The van der Waals surface area contributed by atoms with Crippen LogP contribution in [0.3, 0.4) is 0 Å². The summed E-state index contributed by atoms with van der Waals surface area (Å²) in [6.45, 7) is 5.65. The number of hydrogen-bond acceptors (Lipinski definition) is 4. The van der Waals surface area contributed by atoms with Crippen molar-refractivity contribution in [2.75, 3.05) is 27.2 Å². The molecule has 2 rings (SSSR count). The number of rotatable bonds is 4. The Morgan fingerprint density at radius 3 is 2.40 bits per heavy atom. The van der Waals surface area contributed by atoms with Crippen molar-refractivity contribution in [3.05, 3.63) is 23.8 Å². The second-order valence-electron chi connectivity index (χ2n) is 6.05. The van der Waals surface area contributed by atoms with Crippen LogP contribution in [0.25, 0.3) is 0 Å². The van der Waals surface area contributed by atoms with Gasteiger partial charge in [0, 0.05) is 13.1 Å². The summed E-state index contributed by atoms with van der Waals surface area (Å²) in [5.41, 5.74) is -0.0433. The Labute approximate surface area is 121 Å². The van der Waals surface area contributed by atoms with Crippen LogP contribution >= 0.6 is 0 Å². The standard InChI is InChI=1S/C16H25NO3/c1-16(2,18)12-5-6-14(19-4)15(11-12)20-13-7-9-17(3)10-8-13/h5-6,11,13,18H,7-10H2,1-4H3. The van der Waals surface area contributed by atoms with Crippen molar-refractivity contribution < 1.29 is 14.6 Å². The number of likely N-dealkylation sites (tertiary alicyclic amines) is 1. The smallest absolute Gasteiger partial charge is 0.161 e. The van der Waals surface area contributed by atoms with Crippen molar-refractivity contribution in [2.45, 2.75) is 38.4 Å². The van der Waals surface area contributed by atoms with E-state index in [1.165, 1.54) is 0 Å². The molecule has 20 heavy (non-hydrogen) atoms. The summed E-state index contributed by atoms with van der Waals surface area (Å²) in [6, 6.07) is 5.62. The summed E-state index contributed by atoms with van der Waals surface area (Å²) in [7, 11) is 3.77. The molecule has 1 saturated heterocycles. The van der Waals surface area contributed by atoms with Crippen LogP contribution in [0.1, 0.15) is 32.3 Å². The van der Waals surface area contributed by atoms with Crippen molar-refractivity contribution in [1.82, 2.24) is 4.90 Å². The van der Waals surface area contributed by atoms with Gasteiger partial charge in [0.25, 0.3) is 0 Å². The molecule has 0 radical (unpaired) electrons. The van der Waals surface area contributed by atoms with Crippen LogP contribution in [0.5, 0.6) is 11.5 Å². The largest absolute Gasteiger partial charge is 0.493 e. The summed E-state index contributed by atoms with van der Waals surface area (Å²) >= 11 is 0. The third kappa shape index (κ3) is 3.64. The van der Waals surface area contributed by atoms with Gasteiger partial charge in [0.2, 0.25) is 0 Å². The minimum Gasteiger partial charge on any atom is -0.493 e. The number of piperidine rings is 1. The highest BCUT2D eigenvalue weighted by molar-refractivity contribution is 5.44. The summed E-state index contributed by atoms with van der Waals surface area (Å²) < 4.78 is 11.5. The Kier molecular flexibility index (Phi) is 4.55. The molecule has 1 aromatic rings. The molecular weight excluding hydrogens is 254 g/mol. The van der Waals surface area contributed by atoms with E-state index in [-0.39, 0.29) is 6.10 Å². The Bertz CT molecular complexity index is 446. The van der Waals surface area contributed by atoms with E-state index >= 15 is 0 Å². The zero-order valence-electron chi connectivity index (χ0n) is 12.8. The molecule has 1 heterocycles. The third-order valence-electron chi connectivity index (χ3n) is 3.83. The minimum absolute atomic E-state index is 0.220. The fraction of sp³-hybridized carbons (Fsp3) is 0.625. The van der Waals surface area contributed by atoms with Gasteiger partial charge in [0.1, 0.15) is 6.10 Å². The van der Waals surface area contributed by atoms with Gasteiger partial charge < -0.3 is 19.5 Å². The first-order valence-electron chi connectivity index (χ1n) is 7.16. The molecule has 1 aliphatic heterocycles. The monoisotopic (exact) mass is 279 g/mol. The first kappa shape index (κ1) is 15.1. The number of nitrogens with zero attached hydrogens (tertiary/aromatic N) is 1. The molecule has 1 N–H and O–H groups in total. The summed E-state index contributed by atoms with van der Waals surface area (Å²) in [4.78, 5) is 2.31. The molecule has 112 valence electrons. The quantitative estimate of drug-likeness (QED) is 0.919.